The van der Waals surface area contributed by atoms with Gasteiger partial charge in [-0.2, -0.15) is 0 Å². The molecule has 1 aromatic heterocycles. The first-order valence-corrected chi connectivity index (χ1v) is 6.53. The summed E-state index contributed by atoms with van der Waals surface area (Å²) in [6.07, 6.45) is 1.84. The molecule has 2 aromatic rings. The lowest BCUT2D eigenvalue weighted by atomic mass is 10.1. The molecule has 1 aromatic carbocycles. The van der Waals surface area contributed by atoms with E-state index in [0.717, 1.165) is 10.9 Å². The van der Waals surface area contributed by atoms with E-state index in [2.05, 4.69) is 5.32 Å². The van der Waals surface area contributed by atoms with Crippen molar-refractivity contribution in [3.05, 3.63) is 36.0 Å². The van der Waals surface area contributed by atoms with Gasteiger partial charge in [-0.15, -0.1) is 0 Å². The highest BCUT2D eigenvalue weighted by Crippen LogP contribution is 2.20. The molecule has 1 unspecified atom stereocenters. The summed E-state index contributed by atoms with van der Waals surface area (Å²) in [4.78, 5) is 22.8. The van der Waals surface area contributed by atoms with Crippen LogP contribution in [-0.2, 0) is 11.8 Å². The van der Waals surface area contributed by atoms with Crippen LogP contribution in [0.1, 0.15) is 23.7 Å². The molecule has 1 heterocycles. The number of aryl methyl sites for hydroxylation is 1. The minimum absolute atomic E-state index is 0.0514. The number of hydrogen-bond acceptors (Lipinski definition) is 2. The van der Waals surface area contributed by atoms with Gasteiger partial charge in [0.2, 0.25) is 0 Å². The number of carboxylic acids is 1. The number of carbonyl (C=O) groups excluding carboxylic acids is 1. The highest BCUT2D eigenvalue weighted by molar-refractivity contribution is 6.06. The molecule has 5 heteroatoms. The van der Waals surface area contributed by atoms with Crippen molar-refractivity contribution < 1.29 is 14.7 Å². The Morgan fingerprint density at radius 2 is 2.05 bits per heavy atom. The van der Waals surface area contributed by atoms with Crippen molar-refractivity contribution in [2.75, 3.05) is 6.54 Å². The Bertz CT molecular complexity index is 646. The fourth-order valence-electron chi connectivity index (χ4n) is 2.26. The molecular formula is C15H18N2O3. The fourth-order valence-corrected chi connectivity index (χ4v) is 2.26. The summed E-state index contributed by atoms with van der Waals surface area (Å²) in [5.41, 5.74) is 1.61. The van der Waals surface area contributed by atoms with Crippen LogP contribution in [-0.4, -0.2) is 28.1 Å². The molecule has 0 radical (unpaired) electrons. The van der Waals surface area contributed by atoms with Crippen LogP contribution in [0.5, 0.6) is 0 Å². The highest BCUT2D eigenvalue weighted by Gasteiger charge is 2.15. The molecule has 1 atom stereocenters. The zero-order valence-electron chi connectivity index (χ0n) is 11.6. The number of carboxylic acid groups (broad SMARTS) is 1. The number of fused-ring (bicyclic) bond motifs is 1. The van der Waals surface area contributed by atoms with E-state index in [4.69, 9.17) is 5.11 Å². The molecule has 0 aliphatic carbocycles. The van der Waals surface area contributed by atoms with Gasteiger partial charge in [0, 0.05) is 37.1 Å². The van der Waals surface area contributed by atoms with Crippen LogP contribution in [0.4, 0.5) is 0 Å². The number of aliphatic carboxylic acids is 1. The van der Waals surface area contributed by atoms with Crippen molar-refractivity contribution in [3.63, 3.8) is 0 Å². The molecular weight excluding hydrogens is 256 g/mol. The minimum atomic E-state index is -0.850. The predicted octanol–water partition coefficient (Wildman–Crippen LogP) is 2.02. The van der Waals surface area contributed by atoms with Gasteiger partial charge in [0.05, 0.1) is 5.56 Å². The Morgan fingerprint density at radius 1 is 1.35 bits per heavy atom. The molecule has 20 heavy (non-hydrogen) atoms. The molecule has 106 valence electrons. The van der Waals surface area contributed by atoms with Gasteiger partial charge < -0.3 is 15.0 Å². The van der Waals surface area contributed by atoms with E-state index in [1.807, 2.05) is 35.9 Å². The van der Waals surface area contributed by atoms with Crippen molar-refractivity contribution >= 4 is 22.8 Å². The lowest BCUT2D eigenvalue weighted by molar-refractivity contribution is -0.137. The number of para-hydroxylation sites is 1. The first kappa shape index (κ1) is 14.1. The van der Waals surface area contributed by atoms with Crippen LogP contribution in [0, 0.1) is 5.92 Å². The largest absolute Gasteiger partial charge is 0.481 e. The number of carbonyl (C=O) groups is 2. The van der Waals surface area contributed by atoms with Crippen molar-refractivity contribution in [2.24, 2.45) is 13.0 Å². The number of amides is 1. The van der Waals surface area contributed by atoms with Crippen LogP contribution in [0.25, 0.3) is 10.9 Å². The van der Waals surface area contributed by atoms with Gasteiger partial charge in [-0.05, 0) is 12.0 Å². The predicted molar refractivity (Wildman–Crippen MR) is 76.7 cm³/mol. The average Bonchev–Trinajstić information content (AvgIpc) is 2.73. The summed E-state index contributed by atoms with van der Waals surface area (Å²) in [7, 11) is 1.90. The SMILES string of the molecule is CC(CNC(=O)c1cn(C)c2ccccc12)CC(=O)O. The van der Waals surface area contributed by atoms with Crippen LogP contribution < -0.4 is 5.32 Å². The average molecular weight is 274 g/mol. The number of benzene rings is 1. The van der Waals surface area contributed by atoms with Crippen molar-refractivity contribution in [3.8, 4) is 0 Å². The van der Waals surface area contributed by atoms with Gasteiger partial charge in [0.25, 0.3) is 5.91 Å². The zero-order valence-corrected chi connectivity index (χ0v) is 11.6. The van der Waals surface area contributed by atoms with Crippen molar-refractivity contribution in [1.29, 1.82) is 0 Å². The third-order valence-corrected chi connectivity index (χ3v) is 3.28. The topological polar surface area (TPSA) is 71.3 Å². The number of hydrogen-bond donors (Lipinski definition) is 2. The summed E-state index contributed by atoms with van der Waals surface area (Å²) in [5, 5.41) is 12.4. The molecule has 0 aliphatic rings. The molecule has 0 saturated carbocycles. The Labute approximate surface area is 117 Å². The van der Waals surface area contributed by atoms with E-state index < -0.39 is 5.97 Å². The Balaban J connectivity index is 2.10. The van der Waals surface area contributed by atoms with Gasteiger partial charge in [-0.3, -0.25) is 9.59 Å². The van der Waals surface area contributed by atoms with E-state index in [-0.39, 0.29) is 18.2 Å². The van der Waals surface area contributed by atoms with Crippen LogP contribution in [0.2, 0.25) is 0 Å². The standard InChI is InChI=1S/C15H18N2O3/c1-10(7-14(18)19)8-16-15(20)12-9-17(2)13-6-4-3-5-11(12)13/h3-6,9-10H,7-8H2,1-2H3,(H,16,20)(H,18,19). The van der Waals surface area contributed by atoms with E-state index in [0.29, 0.717) is 12.1 Å². The summed E-state index contributed by atoms with van der Waals surface area (Å²) >= 11 is 0. The monoisotopic (exact) mass is 274 g/mol. The number of nitrogens with one attached hydrogen (secondary N) is 1. The van der Waals surface area contributed by atoms with Crippen LogP contribution in [0.15, 0.2) is 30.5 Å². The van der Waals surface area contributed by atoms with Crippen molar-refractivity contribution in [2.45, 2.75) is 13.3 Å². The van der Waals surface area contributed by atoms with Gasteiger partial charge in [-0.1, -0.05) is 25.1 Å². The Kier molecular flexibility index (Phi) is 4.08. The van der Waals surface area contributed by atoms with E-state index >= 15 is 0 Å². The first-order chi connectivity index (χ1) is 9.49. The quantitative estimate of drug-likeness (QED) is 0.876. The molecule has 1 amide bonds. The first-order valence-electron chi connectivity index (χ1n) is 6.53. The molecule has 0 aliphatic heterocycles. The zero-order chi connectivity index (χ0) is 14.7. The second-order valence-electron chi connectivity index (χ2n) is 5.08. The van der Waals surface area contributed by atoms with E-state index in [1.165, 1.54) is 0 Å². The summed E-state index contributed by atoms with van der Waals surface area (Å²) in [6.45, 7) is 2.16. The lowest BCUT2D eigenvalue weighted by Crippen LogP contribution is -2.29. The summed E-state index contributed by atoms with van der Waals surface area (Å²) in [6, 6.07) is 7.69. The maximum atomic E-state index is 12.2. The summed E-state index contributed by atoms with van der Waals surface area (Å²) < 4.78 is 1.91. The summed E-state index contributed by atoms with van der Waals surface area (Å²) in [5.74, 6) is -1.11. The van der Waals surface area contributed by atoms with Gasteiger partial charge in [0.15, 0.2) is 0 Å². The van der Waals surface area contributed by atoms with Crippen LogP contribution in [0.3, 0.4) is 0 Å². The molecule has 2 rings (SSSR count). The smallest absolute Gasteiger partial charge is 0.303 e. The second-order valence-corrected chi connectivity index (χ2v) is 5.08. The van der Waals surface area contributed by atoms with Gasteiger partial charge in [-0.25, -0.2) is 0 Å². The third kappa shape index (κ3) is 2.99. The molecule has 5 nitrogen and oxygen atoms in total. The molecule has 0 fully saturated rings. The maximum absolute atomic E-state index is 12.2. The van der Waals surface area contributed by atoms with E-state index in [1.54, 1.807) is 13.1 Å². The highest BCUT2D eigenvalue weighted by atomic mass is 16.4. The molecule has 2 N–H and O–H groups in total. The maximum Gasteiger partial charge on any atom is 0.303 e. The Morgan fingerprint density at radius 3 is 2.75 bits per heavy atom. The fraction of sp³-hybridized carbons (Fsp3) is 0.333. The normalized spacial score (nSPS) is 12.3. The van der Waals surface area contributed by atoms with Gasteiger partial charge in [0.1, 0.15) is 0 Å². The number of aromatic nitrogens is 1. The van der Waals surface area contributed by atoms with E-state index in [9.17, 15) is 9.59 Å². The number of nitrogens with zero attached hydrogens (tertiary/aromatic N) is 1. The molecule has 0 spiro atoms. The number of rotatable bonds is 5. The minimum Gasteiger partial charge on any atom is -0.481 e. The molecule has 0 bridgehead atoms. The van der Waals surface area contributed by atoms with Crippen molar-refractivity contribution in [1.82, 2.24) is 9.88 Å². The Hall–Kier alpha value is -2.30. The lowest BCUT2D eigenvalue weighted by Gasteiger charge is -2.09. The second kappa shape index (κ2) is 5.77. The molecule has 0 saturated heterocycles. The van der Waals surface area contributed by atoms with Crippen LogP contribution >= 0.6 is 0 Å². The third-order valence-electron chi connectivity index (χ3n) is 3.28. The van der Waals surface area contributed by atoms with Gasteiger partial charge >= 0.3 is 5.97 Å².